The van der Waals surface area contributed by atoms with Crippen LogP contribution in [0.2, 0.25) is 0 Å². The molecule has 0 amide bonds. The highest BCUT2D eigenvalue weighted by molar-refractivity contribution is 9.10. The Morgan fingerprint density at radius 1 is 1.30 bits per heavy atom. The third-order valence-corrected chi connectivity index (χ3v) is 5.24. The van der Waals surface area contributed by atoms with Gasteiger partial charge in [0.15, 0.2) is 0 Å². The lowest BCUT2D eigenvalue weighted by Gasteiger charge is -2.22. The molecule has 0 heterocycles. The molecule has 3 nitrogen and oxygen atoms in total. The van der Waals surface area contributed by atoms with Crippen LogP contribution in [0.25, 0.3) is 0 Å². The lowest BCUT2D eigenvalue weighted by atomic mass is 9.85. The van der Waals surface area contributed by atoms with Crippen LogP contribution in [-0.4, -0.2) is 18.2 Å². The van der Waals surface area contributed by atoms with Crippen molar-refractivity contribution in [1.29, 1.82) is 0 Å². The maximum absolute atomic E-state index is 11.8. The fourth-order valence-corrected chi connectivity index (χ4v) is 4.06. The number of hydrogen-bond acceptors (Lipinski definition) is 2. The third-order valence-electron chi connectivity index (χ3n) is 4.65. The monoisotopic (exact) mass is 338 g/mol. The predicted octanol–water partition coefficient (Wildman–Crippen LogP) is 3.84. The summed E-state index contributed by atoms with van der Waals surface area (Å²) >= 11 is 3.56. The quantitative estimate of drug-likeness (QED) is 0.851. The minimum Gasteiger partial charge on any atom is -0.495 e. The third kappa shape index (κ3) is 2.05. The average Bonchev–Trinajstić information content (AvgIpc) is 3.21. The first-order chi connectivity index (χ1) is 9.60. The SMILES string of the molecule is COc1c(Br)cc2c(c1C1(C(=O)O)CC1)CCCCC2. The molecule has 1 fully saturated rings. The van der Waals surface area contributed by atoms with E-state index < -0.39 is 11.4 Å². The van der Waals surface area contributed by atoms with Crippen LogP contribution in [0.3, 0.4) is 0 Å². The fraction of sp³-hybridized carbons (Fsp3) is 0.562. The van der Waals surface area contributed by atoms with E-state index in [-0.39, 0.29) is 0 Å². The molecule has 0 saturated heterocycles. The summed E-state index contributed by atoms with van der Waals surface area (Å²) in [5, 5.41) is 9.67. The molecule has 1 aromatic rings. The average molecular weight is 339 g/mol. The van der Waals surface area contributed by atoms with E-state index in [1.54, 1.807) is 7.11 Å². The first-order valence-electron chi connectivity index (χ1n) is 7.22. The van der Waals surface area contributed by atoms with Crippen LogP contribution >= 0.6 is 15.9 Å². The van der Waals surface area contributed by atoms with E-state index in [1.807, 2.05) is 0 Å². The second-order valence-electron chi connectivity index (χ2n) is 5.85. The van der Waals surface area contributed by atoms with Gasteiger partial charge in [-0.15, -0.1) is 0 Å². The maximum atomic E-state index is 11.8. The van der Waals surface area contributed by atoms with Gasteiger partial charge in [-0.25, -0.2) is 0 Å². The molecule has 0 bridgehead atoms. The van der Waals surface area contributed by atoms with E-state index in [0.717, 1.165) is 47.9 Å². The summed E-state index contributed by atoms with van der Waals surface area (Å²) in [6, 6.07) is 2.13. The van der Waals surface area contributed by atoms with Crippen molar-refractivity contribution in [2.45, 2.75) is 50.4 Å². The van der Waals surface area contributed by atoms with Gasteiger partial charge in [0.25, 0.3) is 0 Å². The number of rotatable bonds is 3. The maximum Gasteiger partial charge on any atom is 0.314 e. The summed E-state index contributed by atoms with van der Waals surface area (Å²) < 4.78 is 6.44. The first kappa shape index (κ1) is 13.9. The van der Waals surface area contributed by atoms with E-state index in [1.165, 1.54) is 24.0 Å². The summed E-state index contributed by atoms with van der Waals surface area (Å²) in [5.41, 5.74) is 2.78. The number of carboxylic acids is 1. The standard InChI is InChI=1S/C16H19BrO3/c1-20-14-12(17)9-10-5-3-2-4-6-11(10)13(14)16(7-8-16)15(18)19/h9H,2-8H2,1H3,(H,18,19). The van der Waals surface area contributed by atoms with Crippen molar-refractivity contribution in [1.82, 2.24) is 0 Å². The van der Waals surface area contributed by atoms with Gasteiger partial charge < -0.3 is 9.84 Å². The van der Waals surface area contributed by atoms with Gasteiger partial charge in [-0.2, -0.15) is 0 Å². The minimum absolute atomic E-state index is 0.705. The minimum atomic E-state index is -0.708. The normalized spacial score (nSPS) is 19.9. The summed E-state index contributed by atoms with van der Waals surface area (Å²) in [6.07, 6.45) is 7.01. The lowest BCUT2D eigenvalue weighted by molar-refractivity contribution is -0.140. The van der Waals surface area contributed by atoms with Crippen LogP contribution in [0.5, 0.6) is 5.75 Å². The highest BCUT2D eigenvalue weighted by Crippen LogP contribution is 2.55. The molecule has 1 N–H and O–H groups in total. The van der Waals surface area contributed by atoms with E-state index in [0.29, 0.717) is 0 Å². The largest absolute Gasteiger partial charge is 0.495 e. The number of benzene rings is 1. The van der Waals surface area contributed by atoms with Crippen LogP contribution in [0.15, 0.2) is 10.5 Å². The van der Waals surface area contributed by atoms with Gasteiger partial charge in [-0.3, -0.25) is 4.79 Å². The van der Waals surface area contributed by atoms with E-state index >= 15 is 0 Å². The molecule has 3 rings (SSSR count). The van der Waals surface area contributed by atoms with Crippen LogP contribution in [0.4, 0.5) is 0 Å². The molecule has 20 heavy (non-hydrogen) atoms. The number of aryl methyl sites for hydroxylation is 1. The zero-order valence-electron chi connectivity index (χ0n) is 11.7. The number of hydrogen-bond donors (Lipinski definition) is 1. The molecule has 0 atom stereocenters. The second-order valence-corrected chi connectivity index (χ2v) is 6.71. The number of aliphatic carboxylic acids is 1. The molecule has 0 radical (unpaired) electrons. The van der Waals surface area contributed by atoms with Gasteiger partial charge in [-0.1, -0.05) is 6.42 Å². The Labute approximate surface area is 127 Å². The van der Waals surface area contributed by atoms with Gasteiger partial charge in [0, 0.05) is 5.56 Å². The van der Waals surface area contributed by atoms with Crippen LogP contribution in [-0.2, 0) is 23.1 Å². The van der Waals surface area contributed by atoms with Crippen molar-refractivity contribution >= 4 is 21.9 Å². The highest BCUT2D eigenvalue weighted by atomic mass is 79.9. The Bertz CT molecular complexity index is 561. The highest BCUT2D eigenvalue weighted by Gasteiger charge is 2.55. The van der Waals surface area contributed by atoms with Gasteiger partial charge in [0.1, 0.15) is 5.75 Å². The zero-order chi connectivity index (χ0) is 14.3. The molecular formula is C16H19BrO3. The van der Waals surface area contributed by atoms with Gasteiger partial charge in [-0.05, 0) is 71.6 Å². The molecular weight excluding hydrogens is 320 g/mol. The lowest BCUT2D eigenvalue weighted by Crippen LogP contribution is -2.23. The molecule has 2 aliphatic carbocycles. The van der Waals surface area contributed by atoms with Crippen molar-refractivity contribution in [2.24, 2.45) is 0 Å². The molecule has 108 valence electrons. The Morgan fingerprint density at radius 3 is 2.60 bits per heavy atom. The number of carboxylic acid groups (broad SMARTS) is 1. The van der Waals surface area contributed by atoms with E-state index in [4.69, 9.17) is 4.74 Å². The van der Waals surface area contributed by atoms with Gasteiger partial charge in [0.05, 0.1) is 17.0 Å². The second kappa shape index (κ2) is 5.06. The molecule has 0 unspecified atom stereocenters. The summed E-state index contributed by atoms with van der Waals surface area (Å²) in [4.78, 5) is 11.8. The smallest absolute Gasteiger partial charge is 0.314 e. The predicted molar refractivity (Wildman–Crippen MR) is 80.5 cm³/mol. The molecule has 2 aliphatic rings. The zero-order valence-corrected chi connectivity index (χ0v) is 13.3. The first-order valence-corrected chi connectivity index (χ1v) is 8.01. The molecule has 1 saturated carbocycles. The van der Waals surface area contributed by atoms with Crippen molar-refractivity contribution < 1.29 is 14.6 Å². The van der Waals surface area contributed by atoms with Crippen LogP contribution in [0.1, 0.15) is 48.8 Å². The molecule has 0 aromatic heterocycles. The summed E-state index contributed by atoms with van der Waals surface area (Å²) in [5.74, 6) is 0.0193. The van der Waals surface area contributed by atoms with E-state index in [2.05, 4.69) is 22.0 Å². The number of ether oxygens (including phenoxy) is 1. The Hall–Kier alpha value is -1.03. The van der Waals surface area contributed by atoms with Crippen molar-refractivity contribution in [3.05, 3.63) is 27.2 Å². The molecule has 4 heteroatoms. The van der Waals surface area contributed by atoms with Crippen LogP contribution < -0.4 is 4.74 Å². The fourth-order valence-electron chi connectivity index (χ4n) is 3.43. The Kier molecular flexibility index (Phi) is 3.53. The number of halogens is 1. The number of fused-ring (bicyclic) bond motifs is 1. The summed E-state index contributed by atoms with van der Waals surface area (Å²) in [7, 11) is 1.63. The van der Waals surface area contributed by atoms with Crippen LogP contribution in [0, 0.1) is 0 Å². The van der Waals surface area contributed by atoms with Gasteiger partial charge >= 0.3 is 5.97 Å². The topological polar surface area (TPSA) is 46.5 Å². The van der Waals surface area contributed by atoms with Gasteiger partial charge in [0.2, 0.25) is 0 Å². The Morgan fingerprint density at radius 2 is 2.00 bits per heavy atom. The molecule has 0 spiro atoms. The molecule has 1 aromatic carbocycles. The van der Waals surface area contributed by atoms with E-state index in [9.17, 15) is 9.90 Å². The van der Waals surface area contributed by atoms with Crippen molar-refractivity contribution in [3.8, 4) is 5.75 Å². The number of carbonyl (C=O) groups is 1. The summed E-state index contributed by atoms with van der Waals surface area (Å²) in [6.45, 7) is 0. The number of methoxy groups -OCH3 is 1. The van der Waals surface area contributed by atoms with Crippen molar-refractivity contribution in [3.63, 3.8) is 0 Å². The van der Waals surface area contributed by atoms with Crippen molar-refractivity contribution in [2.75, 3.05) is 7.11 Å². The molecule has 0 aliphatic heterocycles. The Balaban J connectivity index is 2.24.